The highest BCUT2D eigenvalue weighted by atomic mass is 32.2. The fourth-order valence-electron chi connectivity index (χ4n) is 3.33. The topological polar surface area (TPSA) is 23.6 Å². The molecule has 3 nitrogen and oxygen atoms in total. The van der Waals surface area contributed by atoms with Crippen LogP contribution in [0.4, 0.5) is 4.39 Å². The first-order valence-electron chi connectivity index (χ1n) is 9.03. The second-order valence-electron chi connectivity index (χ2n) is 6.73. The average molecular weight is 373 g/mol. The minimum absolute atomic E-state index is 0.150. The van der Waals surface area contributed by atoms with Crippen molar-refractivity contribution >= 4 is 17.7 Å². The van der Waals surface area contributed by atoms with E-state index in [1.54, 1.807) is 17.8 Å². The van der Waals surface area contributed by atoms with Crippen molar-refractivity contribution < 1.29 is 9.18 Å². The van der Waals surface area contributed by atoms with E-state index in [-0.39, 0.29) is 17.8 Å². The highest BCUT2D eigenvalue weighted by Crippen LogP contribution is 2.21. The number of likely N-dealkylation sites (N-methyl/N-ethyl adjacent to an activating group) is 1. The fourth-order valence-corrected chi connectivity index (χ4v) is 4.17. The van der Waals surface area contributed by atoms with Crippen LogP contribution in [0.3, 0.4) is 0 Å². The maximum Gasteiger partial charge on any atom is 0.232 e. The summed E-state index contributed by atoms with van der Waals surface area (Å²) in [5.41, 5.74) is 0.724. The van der Waals surface area contributed by atoms with Crippen LogP contribution in [0, 0.1) is 5.82 Å². The number of amides is 1. The van der Waals surface area contributed by atoms with Gasteiger partial charge < -0.3 is 4.90 Å². The summed E-state index contributed by atoms with van der Waals surface area (Å²) in [6, 6.07) is 17.1. The molecule has 138 valence electrons. The Kier molecular flexibility index (Phi) is 6.69. The van der Waals surface area contributed by atoms with Gasteiger partial charge in [-0.15, -0.1) is 11.8 Å². The van der Waals surface area contributed by atoms with E-state index in [4.69, 9.17) is 0 Å². The van der Waals surface area contributed by atoms with Crippen molar-refractivity contribution in [2.24, 2.45) is 0 Å². The van der Waals surface area contributed by atoms with E-state index in [0.717, 1.165) is 36.4 Å². The van der Waals surface area contributed by atoms with E-state index in [1.165, 1.54) is 6.07 Å². The average Bonchev–Trinajstić information content (AvgIpc) is 2.68. The van der Waals surface area contributed by atoms with Gasteiger partial charge in [-0.05, 0) is 37.6 Å². The second kappa shape index (κ2) is 9.19. The first kappa shape index (κ1) is 18.9. The number of carbonyl (C=O) groups is 1. The maximum atomic E-state index is 13.9. The van der Waals surface area contributed by atoms with Crippen LogP contribution in [-0.2, 0) is 11.3 Å². The lowest BCUT2D eigenvalue weighted by molar-refractivity contribution is -0.130. The van der Waals surface area contributed by atoms with Gasteiger partial charge in [-0.3, -0.25) is 9.69 Å². The lowest BCUT2D eigenvalue weighted by Gasteiger charge is -2.37. The molecule has 1 amide bonds. The molecule has 0 N–H and O–H groups in total. The van der Waals surface area contributed by atoms with Gasteiger partial charge in [-0.25, -0.2) is 4.39 Å². The number of likely N-dealkylation sites (tertiary alicyclic amines) is 1. The quantitative estimate of drug-likeness (QED) is 0.715. The third-order valence-corrected chi connectivity index (χ3v) is 5.88. The monoisotopic (exact) mass is 372 g/mol. The third-order valence-electron chi connectivity index (χ3n) is 4.88. The van der Waals surface area contributed by atoms with Gasteiger partial charge in [0.05, 0.1) is 5.75 Å². The van der Waals surface area contributed by atoms with E-state index in [0.29, 0.717) is 12.3 Å². The molecule has 0 saturated carbocycles. The summed E-state index contributed by atoms with van der Waals surface area (Å²) >= 11 is 1.57. The van der Waals surface area contributed by atoms with Crippen molar-refractivity contribution in [2.45, 2.75) is 30.3 Å². The van der Waals surface area contributed by atoms with E-state index in [1.807, 2.05) is 54.4 Å². The Bertz CT molecular complexity index is 725. The Hall–Kier alpha value is -1.85. The zero-order chi connectivity index (χ0) is 18.4. The highest BCUT2D eigenvalue weighted by molar-refractivity contribution is 8.00. The summed E-state index contributed by atoms with van der Waals surface area (Å²) in [4.78, 5) is 17.8. The van der Waals surface area contributed by atoms with Crippen molar-refractivity contribution in [3.8, 4) is 0 Å². The Labute approximate surface area is 159 Å². The van der Waals surface area contributed by atoms with Crippen molar-refractivity contribution in [2.75, 3.05) is 25.9 Å². The minimum Gasteiger partial charge on any atom is -0.341 e. The van der Waals surface area contributed by atoms with E-state index in [9.17, 15) is 9.18 Å². The molecule has 0 aliphatic carbocycles. The highest BCUT2D eigenvalue weighted by Gasteiger charge is 2.26. The zero-order valence-corrected chi connectivity index (χ0v) is 15.9. The molecule has 1 aliphatic rings. The molecule has 2 aromatic rings. The number of benzene rings is 2. The molecule has 26 heavy (non-hydrogen) atoms. The van der Waals surface area contributed by atoms with Crippen molar-refractivity contribution in [3.63, 3.8) is 0 Å². The number of carbonyl (C=O) groups excluding carboxylic acids is 1. The molecule has 2 aromatic carbocycles. The second-order valence-corrected chi connectivity index (χ2v) is 7.78. The number of thioether (sulfide) groups is 1. The molecule has 1 atom stereocenters. The number of halogens is 1. The maximum absolute atomic E-state index is 13.9. The molecule has 0 radical (unpaired) electrons. The fraction of sp³-hybridized carbons (Fsp3) is 0.381. The molecule has 1 fully saturated rings. The van der Waals surface area contributed by atoms with Crippen LogP contribution < -0.4 is 0 Å². The zero-order valence-electron chi connectivity index (χ0n) is 15.1. The molecular weight excluding hydrogens is 347 g/mol. The van der Waals surface area contributed by atoms with Crippen molar-refractivity contribution in [3.05, 3.63) is 66.0 Å². The normalized spacial score (nSPS) is 17.8. The number of hydrogen-bond donors (Lipinski definition) is 0. The molecule has 3 rings (SSSR count). The van der Waals surface area contributed by atoms with Crippen molar-refractivity contribution in [1.29, 1.82) is 0 Å². The minimum atomic E-state index is -0.154. The van der Waals surface area contributed by atoms with Gasteiger partial charge in [0, 0.05) is 36.6 Å². The van der Waals surface area contributed by atoms with E-state index in [2.05, 4.69) is 4.90 Å². The Morgan fingerprint density at radius 1 is 1.19 bits per heavy atom. The number of rotatable bonds is 6. The lowest BCUT2D eigenvalue weighted by atomic mass is 10.0. The van der Waals surface area contributed by atoms with Crippen LogP contribution in [0.1, 0.15) is 18.4 Å². The lowest BCUT2D eigenvalue weighted by Crippen LogP contribution is -2.48. The number of hydrogen-bond acceptors (Lipinski definition) is 3. The van der Waals surface area contributed by atoms with Gasteiger partial charge in [-0.1, -0.05) is 36.4 Å². The third kappa shape index (κ3) is 5.08. The Morgan fingerprint density at radius 3 is 2.69 bits per heavy atom. The van der Waals surface area contributed by atoms with Crippen LogP contribution >= 0.6 is 11.8 Å². The first-order valence-corrected chi connectivity index (χ1v) is 10.0. The van der Waals surface area contributed by atoms with Gasteiger partial charge >= 0.3 is 0 Å². The number of piperidine rings is 1. The molecule has 0 spiro atoms. The van der Waals surface area contributed by atoms with Crippen LogP contribution in [0.2, 0.25) is 0 Å². The molecule has 1 saturated heterocycles. The van der Waals surface area contributed by atoms with Crippen LogP contribution in [0.15, 0.2) is 59.5 Å². The summed E-state index contributed by atoms with van der Waals surface area (Å²) in [7, 11) is 1.89. The van der Waals surface area contributed by atoms with Gasteiger partial charge in [-0.2, -0.15) is 0 Å². The van der Waals surface area contributed by atoms with Gasteiger partial charge in [0.1, 0.15) is 5.82 Å². The smallest absolute Gasteiger partial charge is 0.232 e. The summed E-state index contributed by atoms with van der Waals surface area (Å²) in [6.07, 6.45) is 2.04. The van der Waals surface area contributed by atoms with Gasteiger partial charge in [0.2, 0.25) is 5.91 Å². The molecular formula is C21H25FN2OS. The summed E-state index contributed by atoms with van der Waals surface area (Å²) in [6.45, 7) is 2.35. The van der Waals surface area contributed by atoms with E-state index >= 15 is 0 Å². The number of nitrogens with zero attached hydrogens (tertiary/aromatic N) is 2. The molecule has 1 aliphatic heterocycles. The van der Waals surface area contributed by atoms with E-state index < -0.39 is 0 Å². The van der Waals surface area contributed by atoms with Gasteiger partial charge in [0.25, 0.3) is 0 Å². The predicted octanol–water partition coefficient (Wildman–Crippen LogP) is 4.04. The molecule has 0 unspecified atom stereocenters. The Balaban J connectivity index is 1.53. The van der Waals surface area contributed by atoms with Crippen LogP contribution in [-0.4, -0.2) is 47.6 Å². The summed E-state index contributed by atoms with van der Waals surface area (Å²) in [5.74, 6) is 0.444. The molecule has 5 heteroatoms. The largest absolute Gasteiger partial charge is 0.341 e. The molecule has 1 heterocycles. The van der Waals surface area contributed by atoms with Crippen LogP contribution in [0.25, 0.3) is 0 Å². The molecule has 0 aromatic heterocycles. The van der Waals surface area contributed by atoms with Gasteiger partial charge in [0.15, 0.2) is 0 Å². The SMILES string of the molecule is CN(C(=O)CSc1ccccc1)[C@H]1CCCN(Cc2ccccc2F)C1. The standard InChI is InChI=1S/C21H25FN2OS/c1-23(21(25)16-26-19-10-3-2-4-11-19)18-9-7-13-24(15-18)14-17-8-5-6-12-20(17)22/h2-6,8,10-12,18H,7,9,13-16H2,1H3/t18-/m0/s1. The predicted molar refractivity (Wildman–Crippen MR) is 105 cm³/mol. The summed E-state index contributed by atoms with van der Waals surface area (Å²) < 4.78 is 13.9. The Morgan fingerprint density at radius 2 is 1.92 bits per heavy atom. The molecule has 0 bridgehead atoms. The van der Waals surface area contributed by atoms with Crippen molar-refractivity contribution in [1.82, 2.24) is 9.80 Å². The first-order chi connectivity index (χ1) is 12.6. The van der Waals surface area contributed by atoms with Crippen LogP contribution in [0.5, 0.6) is 0 Å². The summed E-state index contributed by atoms with van der Waals surface area (Å²) in [5, 5.41) is 0.